The van der Waals surface area contributed by atoms with Crippen molar-refractivity contribution < 1.29 is 10.2 Å². The van der Waals surface area contributed by atoms with Gasteiger partial charge in [-0.05, 0) is 12.5 Å². The van der Waals surface area contributed by atoms with Gasteiger partial charge in [0.25, 0.3) is 0 Å². The van der Waals surface area contributed by atoms with E-state index in [4.69, 9.17) is 5.11 Å². The average molecular weight is 166 g/mol. The van der Waals surface area contributed by atoms with Gasteiger partial charge in [0, 0.05) is 13.0 Å². The second kappa shape index (κ2) is 4.24. The molecule has 1 aromatic carbocycles. The highest BCUT2D eigenvalue weighted by molar-refractivity contribution is 5.23. The highest BCUT2D eigenvalue weighted by Gasteiger charge is 2.05. The average Bonchev–Trinajstić information content (AvgIpc) is 2.05. The predicted octanol–water partition coefficient (Wildman–Crippen LogP) is 1.41. The first kappa shape index (κ1) is 9.23. The molecule has 0 fully saturated rings. The summed E-state index contributed by atoms with van der Waals surface area (Å²) in [6, 6.07) is 7.69. The molecule has 0 bridgehead atoms. The van der Waals surface area contributed by atoms with E-state index in [1.54, 1.807) is 0 Å². The Kier molecular flexibility index (Phi) is 3.26. The van der Waals surface area contributed by atoms with Crippen molar-refractivity contribution in [3.8, 4) is 0 Å². The molecule has 0 aliphatic carbocycles. The lowest BCUT2D eigenvalue weighted by atomic mass is 10.0. The van der Waals surface area contributed by atoms with Crippen molar-refractivity contribution in [2.75, 3.05) is 6.61 Å². The first-order valence-electron chi connectivity index (χ1n) is 4.09. The van der Waals surface area contributed by atoms with E-state index in [2.05, 4.69) is 0 Å². The van der Waals surface area contributed by atoms with Gasteiger partial charge in [0.15, 0.2) is 0 Å². The third-order valence-electron chi connectivity index (χ3n) is 1.83. The van der Waals surface area contributed by atoms with Crippen molar-refractivity contribution >= 4 is 0 Å². The summed E-state index contributed by atoms with van der Waals surface area (Å²) in [4.78, 5) is 0. The van der Waals surface area contributed by atoms with Gasteiger partial charge in [-0.3, -0.25) is 0 Å². The van der Waals surface area contributed by atoms with Gasteiger partial charge in [0.2, 0.25) is 0 Å². The molecule has 66 valence electrons. The normalized spacial score (nSPS) is 12.9. The zero-order valence-electron chi connectivity index (χ0n) is 7.20. The summed E-state index contributed by atoms with van der Waals surface area (Å²) in [6.45, 7) is 2.00. The van der Waals surface area contributed by atoms with Crippen molar-refractivity contribution in [1.82, 2.24) is 0 Å². The van der Waals surface area contributed by atoms with E-state index in [0.717, 1.165) is 11.1 Å². The summed E-state index contributed by atoms with van der Waals surface area (Å²) < 4.78 is 0. The standard InChI is InChI=1S/C10H14O2/c1-8-3-2-4-9(7-8)10(12)5-6-11/h2-4,7,10-12H,5-6H2,1H3/t10-/m0/s1. The van der Waals surface area contributed by atoms with E-state index < -0.39 is 6.10 Å². The molecular weight excluding hydrogens is 152 g/mol. The summed E-state index contributed by atoms with van der Waals surface area (Å²) in [7, 11) is 0. The first-order chi connectivity index (χ1) is 5.74. The lowest BCUT2D eigenvalue weighted by molar-refractivity contribution is 0.134. The second-order valence-electron chi connectivity index (χ2n) is 2.94. The molecule has 1 rings (SSSR count). The summed E-state index contributed by atoms with van der Waals surface area (Å²) in [6.07, 6.45) is -0.126. The third-order valence-corrected chi connectivity index (χ3v) is 1.83. The predicted molar refractivity (Wildman–Crippen MR) is 47.8 cm³/mol. The minimum atomic E-state index is -0.533. The van der Waals surface area contributed by atoms with Crippen LogP contribution in [0.5, 0.6) is 0 Å². The number of hydrogen-bond acceptors (Lipinski definition) is 2. The quantitative estimate of drug-likeness (QED) is 0.712. The molecule has 12 heavy (non-hydrogen) atoms. The summed E-state index contributed by atoms with van der Waals surface area (Å²) in [5, 5.41) is 18.1. The van der Waals surface area contributed by atoms with E-state index in [1.807, 2.05) is 31.2 Å². The molecule has 0 saturated heterocycles. The first-order valence-corrected chi connectivity index (χ1v) is 4.09. The van der Waals surface area contributed by atoms with Crippen LogP contribution >= 0.6 is 0 Å². The van der Waals surface area contributed by atoms with Crippen LogP contribution in [0.3, 0.4) is 0 Å². The van der Waals surface area contributed by atoms with Crippen molar-refractivity contribution in [1.29, 1.82) is 0 Å². The van der Waals surface area contributed by atoms with Gasteiger partial charge in [-0.15, -0.1) is 0 Å². The highest BCUT2D eigenvalue weighted by Crippen LogP contribution is 2.16. The number of aliphatic hydroxyl groups is 2. The molecule has 0 aliphatic heterocycles. The largest absolute Gasteiger partial charge is 0.396 e. The molecule has 1 aromatic rings. The third kappa shape index (κ3) is 2.32. The summed E-state index contributed by atoms with van der Waals surface area (Å²) in [5.41, 5.74) is 2.01. The van der Waals surface area contributed by atoms with E-state index in [1.165, 1.54) is 0 Å². The van der Waals surface area contributed by atoms with Gasteiger partial charge >= 0.3 is 0 Å². The van der Waals surface area contributed by atoms with Crippen LogP contribution in [0.4, 0.5) is 0 Å². The van der Waals surface area contributed by atoms with Crippen LogP contribution in [0, 0.1) is 6.92 Å². The maximum Gasteiger partial charge on any atom is 0.0812 e. The van der Waals surface area contributed by atoms with Crippen LogP contribution in [-0.2, 0) is 0 Å². The Labute approximate surface area is 72.5 Å². The van der Waals surface area contributed by atoms with Crippen LogP contribution < -0.4 is 0 Å². The maximum absolute atomic E-state index is 9.48. The fraction of sp³-hybridized carbons (Fsp3) is 0.400. The molecule has 0 spiro atoms. The van der Waals surface area contributed by atoms with Crippen LogP contribution in [-0.4, -0.2) is 16.8 Å². The molecule has 0 saturated carbocycles. The van der Waals surface area contributed by atoms with Crippen molar-refractivity contribution in [3.63, 3.8) is 0 Å². The molecule has 2 N–H and O–H groups in total. The van der Waals surface area contributed by atoms with Crippen LogP contribution in [0.2, 0.25) is 0 Å². The van der Waals surface area contributed by atoms with E-state index in [-0.39, 0.29) is 6.61 Å². The van der Waals surface area contributed by atoms with Gasteiger partial charge in [-0.25, -0.2) is 0 Å². The van der Waals surface area contributed by atoms with Gasteiger partial charge in [-0.2, -0.15) is 0 Å². The molecular formula is C10H14O2. The van der Waals surface area contributed by atoms with Crippen molar-refractivity contribution in [2.24, 2.45) is 0 Å². The zero-order valence-corrected chi connectivity index (χ0v) is 7.20. The van der Waals surface area contributed by atoms with Crippen LogP contribution in [0.25, 0.3) is 0 Å². The Bertz CT molecular complexity index is 245. The van der Waals surface area contributed by atoms with E-state index in [9.17, 15) is 5.11 Å². The number of aryl methyl sites for hydroxylation is 1. The second-order valence-corrected chi connectivity index (χ2v) is 2.94. The Morgan fingerprint density at radius 1 is 1.42 bits per heavy atom. The highest BCUT2D eigenvalue weighted by atomic mass is 16.3. The van der Waals surface area contributed by atoms with E-state index in [0.29, 0.717) is 6.42 Å². The van der Waals surface area contributed by atoms with Crippen molar-refractivity contribution in [2.45, 2.75) is 19.4 Å². The van der Waals surface area contributed by atoms with Gasteiger partial charge in [0.1, 0.15) is 0 Å². The molecule has 0 heterocycles. The lowest BCUT2D eigenvalue weighted by Gasteiger charge is -2.09. The molecule has 0 aliphatic rings. The Morgan fingerprint density at radius 2 is 2.17 bits per heavy atom. The smallest absolute Gasteiger partial charge is 0.0812 e. The zero-order chi connectivity index (χ0) is 8.97. The fourth-order valence-corrected chi connectivity index (χ4v) is 1.17. The van der Waals surface area contributed by atoms with Gasteiger partial charge < -0.3 is 10.2 Å². The monoisotopic (exact) mass is 166 g/mol. The molecule has 0 radical (unpaired) electrons. The SMILES string of the molecule is Cc1cccc([C@@H](O)CCO)c1. The van der Waals surface area contributed by atoms with Crippen LogP contribution in [0.15, 0.2) is 24.3 Å². The number of aliphatic hydroxyl groups excluding tert-OH is 2. The molecule has 2 nitrogen and oxygen atoms in total. The van der Waals surface area contributed by atoms with Gasteiger partial charge in [-0.1, -0.05) is 29.8 Å². The topological polar surface area (TPSA) is 40.5 Å². The molecule has 2 heteroatoms. The Morgan fingerprint density at radius 3 is 2.75 bits per heavy atom. The molecule has 0 aromatic heterocycles. The summed E-state index contributed by atoms with van der Waals surface area (Å²) in [5.74, 6) is 0. The number of hydrogen-bond donors (Lipinski definition) is 2. The Balaban J connectivity index is 2.73. The minimum absolute atomic E-state index is 0.0229. The number of rotatable bonds is 3. The molecule has 1 atom stereocenters. The molecule has 0 amide bonds. The lowest BCUT2D eigenvalue weighted by Crippen LogP contribution is -1.99. The molecule has 0 unspecified atom stereocenters. The number of benzene rings is 1. The summed E-state index contributed by atoms with van der Waals surface area (Å²) >= 11 is 0. The fourth-order valence-electron chi connectivity index (χ4n) is 1.17. The van der Waals surface area contributed by atoms with Gasteiger partial charge in [0.05, 0.1) is 6.10 Å². The maximum atomic E-state index is 9.48. The van der Waals surface area contributed by atoms with Crippen molar-refractivity contribution in [3.05, 3.63) is 35.4 Å². The van der Waals surface area contributed by atoms with Crippen LogP contribution in [0.1, 0.15) is 23.7 Å². The van der Waals surface area contributed by atoms with E-state index >= 15 is 0 Å². The Hall–Kier alpha value is -0.860. The minimum Gasteiger partial charge on any atom is -0.396 e.